The summed E-state index contributed by atoms with van der Waals surface area (Å²) < 4.78 is 30.1. The summed E-state index contributed by atoms with van der Waals surface area (Å²) in [6, 6.07) is 7.81. The molecule has 0 radical (unpaired) electrons. The Morgan fingerprint density at radius 2 is 1.74 bits per heavy atom. The number of methoxy groups -OCH3 is 1. The molecule has 19 heavy (non-hydrogen) atoms. The molecule has 0 saturated carbocycles. The van der Waals surface area contributed by atoms with E-state index >= 15 is 0 Å². The van der Waals surface area contributed by atoms with Crippen molar-refractivity contribution in [2.24, 2.45) is 0 Å². The molecular weight excluding hydrogens is 332 g/mol. The number of nitrogens with zero attached hydrogens (tertiary/aromatic N) is 2. The summed E-state index contributed by atoms with van der Waals surface area (Å²) in [5.74, 6) is 0.823. The van der Waals surface area contributed by atoms with Crippen LogP contribution in [0, 0.1) is 0 Å². The third kappa shape index (κ3) is 3.40. The average molecular weight is 349 g/mol. The fourth-order valence-corrected chi connectivity index (χ4v) is 3.81. The molecule has 0 amide bonds. The van der Waals surface area contributed by atoms with Crippen LogP contribution < -0.4 is 9.64 Å². The first-order chi connectivity index (χ1) is 9.06. The molecule has 0 bridgehead atoms. The Morgan fingerprint density at radius 1 is 1.16 bits per heavy atom. The second kappa shape index (κ2) is 6.11. The Kier molecular flexibility index (Phi) is 4.70. The summed E-state index contributed by atoms with van der Waals surface area (Å²) in [5.41, 5.74) is 1.09. The van der Waals surface area contributed by atoms with Gasteiger partial charge in [0, 0.05) is 31.9 Å². The first kappa shape index (κ1) is 14.6. The second-order valence-corrected chi connectivity index (χ2v) is 7.58. The van der Waals surface area contributed by atoms with Gasteiger partial charge in [0.15, 0.2) is 0 Å². The smallest absolute Gasteiger partial charge is 0.224 e. The van der Waals surface area contributed by atoms with Crippen molar-refractivity contribution >= 4 is 31.6 Å². The van der Waals surface area contributed by atoms with E-state index in [0.717, 1.165) is 11.4 Å². The van der Waals surface area contributed by atoms with Crippen LogP contribution in [-0.2, 0) is 10.0 Å². The van der Waals surface area contributed by atoms with Crippen LogP contribution in [0.3, 0.4) is 0 Å². The minimum Gasteiger partial charge on any atom is -0.497 e. The summed E-state index contributed by atoms with van der Waals surface area (Å²) in [6.07, 6.45) is 0. The molecule has 1 saturated heterocycles. The molecule has 7 heteroatoms. The Hall–Kier alpha value is -0.790. The van der Waals surface area contributed by atoms with Crippen LogP contribution in [0.25, 0.3) is 0 Å². The van der Waals surface area contributed by atoms with Crippen molar-refractivity contribution in [2.75, 3.05) is 42.9 Å². The van der Waals surface area contributed by atoms with E-state index in [-0.39, 0.29) is 4.66 Å². The highest BCUT2D eigenvalue weighted by Crippen LogP contribution is 2.21. The minimum absolute atomic E-state index is 0.0114. The summed E-state index contributed by atoms with van der Waals surface area (Å²) in [7, 11) is -1.50. The fourth-order valence-electron chi connectivity index (χ4n) is 2.09. The van der Waals surface area contributed by atoms with Gasteiger partial charge >= 0.3 is 0 Å². The van der Waals surface area contributed by atoms with Gasteiger partial charge in [-0.05, 0) is 24.3 Å². The van der Waals surface area contributed by atoms with E-state index in [2.05, 4.69) is 20.8 Å². The van der Waals surface area contributed by atoms with Crippen molar-refractivity contribution in [3.8, 4) is 5.75 Å². The maximum absolute atomic E-state index is 11.7. The van der Waals surface area contributed by atoms with Crippen LogP contribution in [0.15, 0.2) is 24.3 Å². The van der Waals surface area contributed by atoms with Crippen molar-refractivity contribution in [1.29, 1.82) is 0 Å². The number of hydrogen-bond acceptors (Lipinski definition) is 4. The number of piperazine rings is 1. The summed E-state index contributed by atoms with van der Waals surface area (Å²) in [5, 5.41) is 0. The standard InChI is InChI=1S/C12H17BrN2O3S/c1-18-12-4-2-11(3-5-12)14-6-8-15(9-7-14)19(16,17)10-13/h2-5H,6-10H2,1H3. The number of ether oxygens (including phenoxy) is 1. The van der Waals surface area contributed by atoms with Gasteiger partial charge in [-0.25, -0.2) is 8.42 Å². The maximum Gasteiger partial charge on any atom is 0.224 e. The second-order valence-electron chi connectivity index (χ2n) is 4.31. The number of halogens is 1. The van der Waals surface area contributed by atoms with Gasteiger partial charge in [0.2, 0.25) is 10.0 Å². The molecule has 1 aromatic carbocycles. The molecule has 1 aliphatic heterocycles. The average Bonchev–Trinajstić information content (AvgIpc) is 2.47. The van der Waals surface area contributed by atoms with Crippen molar-refractivity contribution in [1.82, 2.24) is 4.31 Å². The van der Waals surface area contributed by atoms with Gasteiger partial charge in [-0.1, -0.05) is 15.9 Å². The molecule has 0 unspecified atom stereocenters. The maximum atomic E-state index is 11.7. The topological polar surface area (TPSA) is 49.9 Å². The van der Waals surface area contributed by atoms with Gasteiger partial charge in [0.05, 0.1) is 7.11 Å². The van der Waals surface area contributed by atoms with Gasteiger partial charge in [-0.3, -0.25) is 0 Å². The Morgan fingerprint density at radius 3 is 2.21 bits per heavy atom. The summed E-state index contributed by atoms with van der Waals surface area (Å²) in [6.45, 7) is 2.47. The summed E-state index contributed by atoms with van der Waals surface area (Å²) >= 11 is 3.03. The lowest BCUT2D eigenvalue weighted by Gasteiger charge is -2.35. The highest BCUT2D eigenvalue weighted by Gasteiger charge is 2.25. The largest absolute Gasteiger partial charge is 0.497 e. The molecule has 0 aromatic heterocycles. The molecule has 0 aliphatic carbocycles. The van der Waals surface area contributed by atoms with E-state index in [9.17, 15) is 8.42 Å². The molecule has 0 N–H and O–H groups in total. The lowest BCUT2D eigenvalue weighted by Crippen LogP contribution is -2.48. The number of alkyl halides is 1. The zero-order valence-electron chi connectivity index (χ0n) is 10.8. The zero-order chi connectivity index (χ0) is 13.9. The first-order valence-electron chi connectivity index (χ1n) is 5.99. The van der Waals surface area contributed by atoms with Crippen molar-refractivity contribution in [3.63, 3.8) is 0 Å². The number of anilines is 1. The van der Waals surface area contributed by atoms with E-state index < -0.39 is 10.0 Å². The van der Waals surface area contributed by atoms with Crippen LogP contribution in [0.2, 0.25) is 0 Å². The van der Waals surface area contributed by atoms with Crippen molar-refractivity contribution in [2.45, 2.75) is 0 Å². The van der Waals surface area contributed by atoms with E-state index in [0.29, 0.717) is 26.2 Å². The minimum atomic E-state index is -3.13. The van der Waals surface area contributed by atoms with Gasteiger partial charge in [0.25, 0.3) is 0 Å². The highest BCUT2D eigenvalue weighted by atomic mass is 79.9. The molecule has 106 valence electrons. The summed E-state index contributed by atoms with van der Waals surface area (Å²) in [4.78, 5) is 2.18. The molecule has 1 heterocycles. The van der Waals surface area contributed by atoms with Crippen molar-refractivity contribution < 1.29 is 13.2 Å². The predicted octanol–water partition coefficient (Wildman–Crippen LogP) is 1.50. The number of sulfonamides is 1. The Labute approximate surface area is 122 Å². The Balaban J connectivity index is 1.99. The number of hydrogen-bond donors (Lipinski definition) is 0. The quantitative estimate of drug-likeness (QED) is 0.773. The van der Waals surface area contributed by atoms with Crippen LogP contribution in [0.1, 0.15) is 0 Å². The van der Waals surface area contributed by atoms with E-state index in [1.807, 2.05) is 24.3 Å². The highest BCUT2D eigenvalue weighted by molar-refractivity contribution is 9.10. The molecule has 5 nitrogen and oxygen atoms in total. The Bertz CT molecular complexity index is 510. The predicted molar refractivity (Wildman–Crippen MR) is 79.5 cm³/mol. The van der Waals surface area contributed by atoms with Crippen LogP contribution >= 0.6 is 15.9 Å². The van der Waals surface area contributed by atoms with Crippen molar-refractivity contribution in [3.05, 3.63) is 24.3 Å². The van der Waals surface area contributed by atoms with Gasteiger partial charge in [-0.15, -0.1) is 0 Å². The number of benzene rings is 1. The van der Waals surface area contributed by atoms with Gasteiger partial charge in [0.1, 0.15) is 10.4 Å². The molecule has 0 spiro atoms. The van der Waals surface area contributed by atoms with Gasteiger partial charge < -0.3 is 9.64 Å². The molecule has 1 fully saturated rings. The number of rotatable bonds is 4. The molecular formula is C12H17BrN2O3S. The SMILES string of the molecule is COc1ccc(N2CCN(S(=O)(=O)CBr)CC2)cc1. The van der Waals surface area contributed by atoms with Crippen LogP contribution in [0.5, 0.6) is 5.75 Å². The molecule has 0 atom stereocenters. The lowest BCUT2D eigenvalue weighted by molar-refractivity contribution is 0.387. The van der Waals surface area contributed by atoms with Crippen LogP contribution in [-0.4, -0.2) is 50.7 Å². The molecule has 2 rings (SSSR count). The monoisotopic (exact) mass is 348 g/mol. The first-order valence-corrected chi connectivity index (χ1v) is 8.72. The normalized spacial score (nSPS) is 17.5. The zero-order valence-corrected chi connectivity index (χ0v) is 13.2. The third-order valence-electron chi connectivity index (χ3n) is 3.21. The van der Waals surface area contributed by atoms with E-state index in [4.69, 9.17) is 4.74 Å². The van der Waals surface area contributed by atoms with E-state index in [1.165, 1.54) is 4.31 Å². The van der Waals surface area contributed by atoms with Gasteiger partial charge in [-0.2, -0.15) is 4.31 Å². The third-order valence-corrected chi connectivity index (χ3v) is 6.37. The van der Waals surface area contributed by atoms with Crippen LogP contribution in [0.4, 0.5) is 5.69 Å². The van der Waals surface area contributed by atoms with E-state index in [1.54, 1.807) is 7.11 Å². The lowest BCUT2D eigenvalue weighted by atomic mass is 10.2. The molecule has 1 aliphatic rings. The molecule has 1 aromatic rings. The fraction of sp³-hybridized carbons (Fsp3) is 0.500.